The fourth-order valence-corrected chi connectivity index (χ4v) is 2.20. The molecule has 0 aromatic heterocycles. The second-order valence-electron chi connectivity index (χ2n) is 4.74. The first-order valence-corrected chi connectivity index (χ1v) is 7.22. The Balaban J connectivity index is 2.04. The van der Waals surface area contributed by atoms with E-state index < -0.39 is 17.7 Å². The van der Waals surface area contributed by atoms with Gasteiger partial charge in [-0.1, -0.05) is 17.7 Å². The van der Waals surface area contributed by atoms with E-state index in [1.54, 1.807) is 0 Å². The second kappa shape index (κ2) is 7.83. The maximum absolute atomic E-state index is 13.1. The largest absolute Gasteiger partial charge is 0.495 e. The van der Waals surface area contributed by atoms with Crippen LogP contribution in [0.5, 0.6) is 11.5 Å². The summed E-state index contributed by atoms with van der Waals surface area (Å²) in [6.45, 7) is 0.0231. The van der Waals surface area contributed by atoms with Gasteiger partial charge >= 0.3 is 6.03 Å². The van der Waals surface area contributed by atoms with E-state index in [0.717, 1.165) is 12.1 Å². The molecular formula is C16H15ClF2N2O3. The molecule has 8 heteroatoms. The molecule has 2 aromatic rings. The van der Waals surface area contributed by atoms with Crippen molar-refractivity contribution in [3.63, 3.8) is 0 Å². The van der Waals surface area contributed by atoms with Crippen molar-refractivity contribution >= 4 is 23.3 Å². The van der Waals surface area contributed by atoms with Crippen molar-refractivity contribution in [3.8, 4) is 11.5 Å². The Hall–Kier alpha value is -2.54. The number of anilines is 1. The van der Waals surface area contributed by atoms with Crippen LogP contribution >= 0.6 is 11.6 Å². The summed E-state index contributed by atoms with van der Waals surface area (Å²) in [6.07, 6.45) is 0. The topological polar surface area (TPSA) is 59.6 Å². The molecule has 0 bridgehead atoms. The number of urea groups is 1. The zero-order chi connectivity index (χ0) is 17.7. The van der Waals surface area contributed by atoms with E-state index in [-0.39, 0.29) is 6.54 Å². The summed E-state index contributed by atoms with van der Waals surface area (Å²) in [7, 11) is 2.90. The monoisotopic (exact) mass is 356 g/mol. The lowest BCUT2D eigenvalue weighted by Gasteiger charge is -2.13. The summed E-state index contributed by atoms with van der Waals surface area (Å²) >= 11 is 6.02. The minimum Gasteiger partial charge on any atom is -0.495 e. The zero-order valence-corrected chi connectivity index (χ0v) is 13.7. The Morgan fingerprint density at radius 3 is 2.42 bits per heavy atom. The van der Waals surface area contributed by atoms with Gasteiger partial charge in [0.25, 0.3) is 0 Å². The van der Waals surface area contributed by atoms with E-state index >= 15 is 0 Å². The van der Waals surface area contributed by atoms with E-state index in [2.05, 4.69) is 10.6 Å². The van der Waals surface area contributed by atoms with Gasteiger partial charge in [0.2, 0.25) is 0 Å². The average Bonchev–Trinajstić information content (AvgIpc) is 2.56. The molecule has 0 atom stereocenters. The quantitative estimate of drug-likeness (QED) is 0.852. The molecule has 5 nitrogen and oxygen atoms in total. The van der Waals surface area contributed by atoms with Crippen LogP contribution in [0, 0.1) is 11.6 Å². The number of rotatable bonds is 5. The molecule has 0 aliphatic rings. The Morgan fingerprint density at radius 1 is 1.08 bits per heavy atom. The van der Waals surface area contributed by atoms with Crippen LogP contribution in [-0.2, 0) is 6.54 Å². The van der Waals surface area contributed by atoms with E-state index in [9.17, 15) is 13.6 Å². The van der Waals surface area contributed by atoms with E-state index in [1.165, 1.54) is 32.4 Å². The van der Waals surface area contributed by atoms with Gasteiger partial charge in [-0.15, -0.1) is 0 Å². The predicted octanol–water partition coefficient (Wildman–Crippen LogP) is 3.96. The molecule has 0 spiro atoms. The normalized spacial score (nSPS) is 10.2. The van der Waals surface area contributed by atoms with Gasteiger partial charge < -0.3 is 20.1 Å². The molecule has 0 heterocycles. The molecule has 0 fully saturated rings. The lowest BCUT2D eigenvalue weighted by molar-refractivity contribution is 0.251. The summed E-state index contributed by atoms with van der Waals surface area (Å²) in [5, 5.41) is 5.39. The maximum Gasteiger partial charge on any atom is 0.319 e. The molecule has 0 aliphatic carbocycles. The molecule has 0 saturated heterocycles. The molecule has 0 saturated carbocycles. The molecule has 2 amide bonds. The first-order valence-electron chi connectivity index (χ1n) is 6.85. The van der Waals surface area contributed by atoms with Crippen LogP contribution in [0.1, 0.15) is 5.56 Å². The van der Waals surface area contributed by atoms with Crippen LogP contribution in [-0.4, -0.2) is 20.3 Å². The van der Waals surface area contributed by atoms with Gasteiger partial charge in [0, 0.05) is 12.6 Å². The lowest BCUT2D eigenvalue weighted by Crippen LogP contribution is -2.28. The van der Waals surface area contributed by atoms with Crippen LogP contribution in [0.15, 0.2) is 30.3 Å². The SMILES string of the molecule is COc1cc(OC)c(NC(=O)NCc2ccc(F)c(F)c2)cc1Cl. The summed E-state index contributed by atoms with van der Waals surface area (Å²) in [6, 6.07) is 5.85. The van der Waals surface area contributed by atoms with Crippen molar-refractivity contribution in [1.29, 1.82) is 0 Å². The van der Waals surface area contributed by atoms with Crippen molar-refractivity contribution in [3.05, 3.63) is 52.6 Å². The molecule has 0 radical (unpaired) electrons. The second-order valence-corrected chi connectivity index (χ2v) is 5.15. The maximum atomic E-state index is 13.1. The van der Waals surface area contributed by atoms with Crippen LogP contribution < -0.4 is 20.1 Å². The number of carbonyl (C=O) groups excluding carboxylic acids is 1. The van der Waals surface area contributed by atoms with Gasteiger partial charge in [-0.2, -0.15) is 0 Å². The number of ether oxygens (including phenoxy) is 2. The molecule has 24 heavy (non-hydrogen) atoms. The minimum absolute atomic E-state index is 0.0231. The Kier molecular flexibility index (Phi) is 5.81. The minimum atomic E-state index is -0.974. The highest BCUT2D eigenvalue weighted by Gasteiger charge is 2.12. The fourth-order valence-electron chi connectivity index (χ4n) is 1.96. The van der Waals surface area contributed by atoms with Crippen molar-refractivity contribution in [2.75, 3.05) is 19.5 Å². The number of amides is 2. The summed E-state index contributed by atoms with van der Waals surface area (Å²) in [5.74, 6) is -1.15. The van der Waals surface area contributed by atoms with Gasteiger partial charge in [-0.05, 0) is 23.8 Å². The van der Waals surface area contributed by atoms with Gasteiger partial charge in [0.05, 0.1) is 24.9 Å². The van der Waals surface area contributed by atoms with Gasteiger partial charge in [0.15, 0.2) is 11.6 Å². The number of nitrogens with one attached hydrogen (secondary N) is 2. The Bertz CT molecular complexity index is 756. The van der Waals surface area contributed by atoms with Crippen molar-refractivity contribution in [2.24, 2.45) is 0 Å². The highest BCUT2D eigenvalue weighted by atomic mass is 35.5. The molecule has 0 unspecified atom stereocenters. The van der Waals surface area contributed by atoms with Crippen molar-refractivity contribution < 1.29 is 23.0 Å². The number of hydrogen-bond acceptors (Lipinski definition) is 3. The number of methoxy groups -OCH3 is 2. The van der Waals surface area contributed by atoms with E-state index in [0.29, 0.717) is 27.8 Å². The molecule has 2 N–H and O–H groups in total. The third-order valence-corrected chi connectivity index (χ3v) is 3.45. The summed E-state index contributed by atoms with van der Waals surface area (Å²) in [5.41, 5.74) is 0.759. The van der Waals surface area contributed by atoms with Gasteiger partial charge in [-0.25, -0.2) is 13.6 Å². The lowest BCUT2D eigenvalue weighted by atomic mass is 10.2. The van der Waals surface area contributed by atoms with Crippen LogP contribution in [0.3, 0.4) is 0 Å². The smallest absolute Gasteiger partial charge is 0.319 e. The molecule has 0 aliphatic heterocycles. The van der Waals surface area contributed by atoms with E-state index in [1.807, 2.05) is 0 Å². The summed E-state index contributed by atoms with van der Waals surface area (Å²) < 4.78 is 36.2. The van der Waals surface area contributed by atoms with E-state index in [4.69, 9.17) is 21.1 Å². The van der Waals surface area contributed by atoms with Crippen molar-refractivity contribution in [2.45, 2.75) is 6.54 Å². The molecular weight excluding hydrogens is 342 g/mol. The third-order valence-electron chi connectivity index (χ3n) is 3.16. The number of carbonyl (C=O) groups is 1. The molecule has 128 valence electrons. The first-order chi connectivity index (χ1) is 11.4. The van der Waals surface area contributed by atoms with Crippen LogP contribution in [0.4, 0.5) is 19.3 Å². The summed E-state index contributed by atoms with van der Waals surface area (Å²) in [4.78, 5) is 12.0. The zero-order valence-electron chi connectivity index (χ0n) is 13.0. The number of benzene rings is 2. The standard InChI is InChI=1S/C16H15ClF2N2O3/c1-23-14-7-15(24-2)13(6-10(14)17)21-16(22)20-8-9-3-4-11(18)12(19)5-9/h3-7H,8H2,1-2H3,(H2,20,21,22). The van der Waals surface area contributed by atoms with Crippen LogP contribution in [0.25, 0.3) is 0 Å². The van der Waals surface area contributed by atoms with Gasteiger partial charge in [0.1, 0.15) is 11.5 Å². The fraction of sp³-hybridized carbons (Fsp3) is 0.188. The average molecular weight is 357 g/mol. The highest BCUT2D eigenvalue weighted by Crippen LogP contribution is 2.35. The Labute approximate surface area is 142 Å². The highest BCUT2D eigenvalue weighted by molar-refractivity contribution is 6.32. The third kappa shape index (κ3) is 4.26. The van der Waals surface area contributed by atoms with Gasteiger partial charge in [-0.3, -0.25) is 0 Å². The molecule has 2 rings (SSSR count). The molecule has 2 aromatic carbocycles. The first kappa shape index (κ1) is 17.8. The van der Waals surface area contributed by atoms with Crippen LogP contribution in [0.2, 0.25) is 5.02 Å². The number of hydrogen-bond donors (Lipinski definition) is 2. The Morgan fingerprint density at radius 2 is 1.79 bits per heavy atom. The predicted molar refractivity (Wildman–Crippen MR) is 86.8 cm³/mol. The van der Waals surface area contributed by atoms with Crippen molar-refractivity contribution in [1.82, 2.24) is 5.32 Å². The number of halogens is 3.